The molecule has 1 aromatic heterocycles. The summed E-state index contributed by atoms with van der Waals surface area (Å²) in [7, 11) is 0. The molecule has 2 N–H and O–H groups in total. The Kier molecular flexibility index (Phi) is 3.32. The number of halogens is 3. The van der Waals surface area contributed by atoms with Gasteiger partial charge in [0.2, 0.25) is 0 Å². The number of H-pyrrole nitrogens is 1. The molecule has 1 saturated carbocycles. The van der Waals surface area contributed by atoms with E-state index in [1.165, 1.54) is 18.9 Å². The number of nitrogens with one attached hydrogen (secondary N) is 2. The van der Waals surface area contributed by atoms with Gasteiger partial charge in [-0.25, -0.2) is 4.98 Å². The maximum atomic E-state index is 15.1. The third kappa shape index (κ3) is 2.37. The SMILES string of the molecule is FC1(F)c2cc(Br)ccc2-c2ccc(-c3c[nH]c(C4CC5(CC5)CN4)n3)cc21. The van der Waals surface area contributed by atoms with Crippen LogP contribution in [0, 0.1) is 5.41 Å². The van der Waals surface area contributed by atoms with E-state index in [1.54, 1.807) is 24.3 Å². The monoisotopic (exact) mass is 441 g/mol. The van der Waals surface area contributed by atoms with Crippen molar-refractivity contribution in [3.63, 3.8) is 0 Å². The van der Waals surface area contributed by atoms with E-state index < -0.39 is 5.92 Å². The number of nitrogens with zero attached hydrogens (tertiary/aromatic N) is 1. The minimum atomic E-state index is -3.01. The molecule has 2 aliphatic carbocycles. The van der Waals surface area contributed by atoms with Gasteiger partial charge in [-0.2, -0.15) is 8.78 Å². The van der Waals surface area contributed by atoms with Crippen molar-refractivity contribution in [2.45, 2.75) is 31.2 Å². The van der Waals surface area contributed by atoms with Crippen molar-refractivity contribution in [3.8, 4) is 22.4 Å². The Morgan fingerprint density at radius 2 is 1.79 bits per heavy atom. The topological polar surface area (TPSA) is 40.7 Å². The molecular weight excluding hydrogens is 424 g/mol. The molecule has 0 radical (unpaired) electrons. The predicted octanol–water partition coefficient (Wildman–Crippen LogP) is 5.77. The van der Waals surface area contributed by atoms with E-state index in [0.29, 0.717) is 32.3 Å². The van der Waals surface area contributed by atoms with Gasteiger partial charge in [0.05, 0.1) is 11.7 Å². The highest BCUT2D eigenvalue weighted by Crippen LogP contribution is 2.55. The Hall–Kier alpha value is -2.05. The van der Waals surface area contributed by atoms with E-state index >= 15 is 8.78 Å². The van der Waals surface area contributed by atoms with E-state index in [9.17, 15) is 0 Å². The molecule has 3 aliphatic rings. The largest absolute Gasteiger partial charge is 0.347 e. The van der Waals surface area contributed by atoms with Gasteiger partial charge in [0.15, 0.2) is 0 Å². The van der Waals surface area contributed by atoms with Crippen LogP contribution in [-0.2, 0) is 5.92 Å². The number of rotatable bonds is 2. The van der Waals surface area contributed by atoms with Crippen molar-refractivity contribution < 1.29 is 8.78 Å². The Morgan fingerprint density at radius 3 is 2.54 bits per heavy atom. The fraction of sp³-hybridized carbons (Fsp3) is 0.318. The molecule has 3 nitrogen and oxygen atoms in total. The van der Waals surface area contributed by atoms with Crippen molar-refractivity contribution in [1.82, 2.24) is 15.3 Å². The fourth-order valence-corrected chi connectivity index (χ4v) is 5.05. The molecule has 1 aliphatic heterocycles. The van der Waals surface area contributed by atoms with Gasteiger partial charge in [-0.1, -0.05) is 34.1 Å². The van der Waals surface area contributed by atoms with Crippen LogP contribution >= 0.6 is 15.9 Å². The van der Waals surface area contributed by atoms with Gasteiger partial charge in [-0.3, -0.25) is 0 Å². The molecule has 3 aromatic rings. The molecule has 2 heterocycles. The molecule has 142 valence electrons. The second-order valence-electron chi connectivity index (χ2n) is 8.33. The lowest BCUT2D eigenvalue weighted by Crippen LogP contribution is -2.15. The van der Waals surface area contributed by atoms with E-state index in [0.717, 1.165) is 18.8 Å². The zero-order valence-corrected chi connectivity index (χ0v) is 16.6. The smallest absolute Gasteiger partial charge is 0.299 e. The summed E-state index contributed by atoms with van der Waals surface area (Å²) >= 11 is 3.31. The first-order chi connectivity index (χ1) is 13.5. The lowest BCUT2D eigenvalue weighted by molar-refractivity contribution is 0.0480. The zero-order chi connectivity index (χ0) is 19.1. The van der Waals surface area contributed by atoms with Crippen LogP contribution in [0.1, 0.15) is 42.3 Å². The number of hydrogen-bond acceptors (Lipinski definition) is 2. The van der Waals surface area contributed by atoms with Crippen LogP contribution in [0.25, 0.3) is 22.4 Å². The van der Waals surface area contributed by atoms with Crippen molar-refractivity contribution >= 4 is 15.9 Å². The second kappa shape index (κ2) is 5.51. The average molecular weight is 442 g/mol. The molecule has 2 aromatic carbocycles. The third-order valence-electron chi connectivity index (χ3n) is 6.51. The molecular formula is C22H18BrF2N3. The quantitative estimate of drug-likeness (QED) is 0.529. The summed E-state index contributed by atoms with van der Waals surface area (Å²) in [6.07, 6.45) is 5.52. The number of benzene rings is 2. The molecule has 1 saturated heterocycles. The highest BCUT2D eigenvalue weighted by molar-refractivity contribution is 9.10. The Balaban J connectivity index is 1.37. The number of fused-ring (bicyclic) bond motifs is 3. The van der Waals surface area contributed by atoms with Crippen molar-refractivity contribution in [3.05, 3.63) is 64.0 Å². The summed E-state index contributed by atoms with van der Waals surface area (Å²) < 4.78 is 30.8. The molecule has 1 atom stereocenters. The molecule has 1 unspecified atom stereocenters. The van der Waals surface area contributed by atoms with Gasteiger partial charge < -0.3 is 10.3 Å². The van der Waals surface area contributed by atoms with E-state index in [4.69, 9.17) is 4.98 Å². The molecule has 1 spiro atoms. The summed E-state index contributed by atoms with van der Waals surface area (Å²) in [4.78, 5) is 7.98. The van der Waals surface area contributed by atoms with E-state index in [2.05, 4.69) is 26.2 Å². The van der Waals surface area contributed by atoms with E-state index in [1.807, 2.05) is 12.3 Å². The highest BCUT2D eigenvalue weighted by atomic mass is 79.9. The zero-order valence-electron chi connectivity index (χ0n) is 15.0. The van der Waals surface area contributed by atoms with Gasteiger partial charge in [0.25, 0.3) is 5.92 Å². The number of alkyl halides is 2. The lowest BCUT2D eigenvalue weighted by Gasteiger charge is -2.13. The minimum absolute atomic E-state index is 0.0542. The Morgan fingerprint density at radius 1 is 1.04 bits per heavy atom. The first-order valence-electron chi connectivity index (χ1n) is 9.57. The molecule has 0 amide bonds. The summed E-state index contributed by atoms with van der Waals surface area (Å²) in [5.41, 5.74) is 3.21. The summed E-state index contributed by atoms with van der Waals surface area (Å²) in [6, 6.07) is 10.6. The number of hydrogen-bond donors (Lipinski definition) is 2. The second-order valence-corrected chi connectivity index (χ2v) is 9.25. The number of aromatic nitrogens is 2. The molecule has 6 heteroatoms. The fourth-order valence-electron chi connectivity index (χ4n) is 4.69. The van der Waals surface area contributed by atoms with Crippen LogP contribution in [0.5, 0.6) is 0 Å². The third-order valence-corrected chi connectivity index (χ3v) is 7.00. The van der Waals surface area contributed by atoms with Crippen LogP contribution in [0.15, 0.2) is 47.1 Å². The molecule has 28 heavy (non-hydrogen) atoms. The number of imidazole rings is 1. The van der Waals surface area contributed by atoms with E-state index in [-0.39, 0.29) is 17.2 Å². The lowest BCUT2D eigenvalue weighted by atomic mass is 10.0. The van der Waals surface area contributed by atoms with Gasteiger partial charge in [0, 0.05) is 33.9 Å². The van der Waals surface area contributed by atoms with Gasteiger partial charge >= 0.3 is 0 Å². The average Bonchev–Trinajstić information content (AvgIpc) is 3.03. The van der Waals surface area contributed by atoms with Gasteiger partial charge in [-0.15, -0.1) is 0 Å². The highest BCUT2D eigenvalue weighted by Gasteiger charge is 2.49. The normalized spacial score (nSPS) is 23.0. The van der Waals surface area contributed by atoms with Crippen LogP contribution in [0.3, 0.4) is 0 Å². The van der Waals surface area contributed by atoms with Gasteiger partial charge in [-0.05, 0) is 54.0 Å². The van der Waals surface area contributed by atoms with Crippen molar-refractivity contribution in [2.24, 2.45) is 5.41 Å². The summed E-state index contributed by atoms with van der Waals surface area (Å²) in [6.45, 7) is 1.05. The molecule has 2 fully saturated rings. The molecule has 0 bridgehead atoms. The Labute approximate surface area is 169 Å². The van der Waals surface area contributed by atoms with Crippen molar-refractivity contribution in [2.75, 3.05) is 6.54 Å². The van der Waals surface area contributed by atoms with Crippen LogP contribution in [0.4, 0.5) is 8.78 Å². The first-order valence-corrected chi connectivity index (χ1v) is 10.4. The predicted molar refractivity (Wildman–Crippen MR) is 107 cm³/mol. The van der Waals surface area contributed by atoms with Gasteiger partial charge in [0.1, 0.15) is 5.82 Å². The maximum absolute atomic E-state index is 15.1. The van der Waals surface area contributed by atoms with Crippen LogP contribution in [0.2, 0.25) is 0 Å². The Bertz CT molecular complexity index is 1120. The minimum Gasteiger partial charge on any atom is -0.347 e. The number of aromatic amines is 1. The molecule has 6 rings (SSSR count). The van der Waals surface area contributed by atoms with Crippen LogP contribution < -0.4 is 5.32 Å². The summed E-state index contributed by atoms with van der Waals surface area (Å²) in [5.74, 6) is -2.10. The summed E-state index contributed by atoms with van der Waals surface area (Å²) in [5, 5.41) is 3.54. The maximum Gasteiger partial charge on any atom is 0.299 e. The first kappa shape index (κ1) is 16.9. The van der Waals surface area contributed by atoms with Crippen LogP contribution in [-0.4, -0.2) is 16.5 Å². The van der Waals surface area contributed by atoms with Crippen molar-refractivity contribution in [1.29, 1.82) is 0 Å². The standard InChI is InChI=1S/C22H18BrF2N3/c23-13-2-4-15-14-3-1-12(7-16(14)22(24,25)17(15)8-13)19-10-26-20(28-19)18-9-21(5-6-21)11-27-18/h1-4,7-8,10,18,27H,5-6,9,11H2,(H,26,28).